The smallest absolute Gasteiger partial charge is 0.328 e. The van der Waals surface area contributed by atoms with Crippen LogP contribution in [-0.4, -0.2) is 47.7 Å². The van der Waals surface area contributed by atoms with Gasteiger partial charge < -0.3 is 14.7 Å². The van der Waals surface area contributed by atoms with Crippen molar-refractivity contribution >= 4 is 27.8 Å². The maximum Gasteiger partial charge on any atom is 0.328 e. The molecule has 1 N–H and O–H groups in total. The number of morpholine rings is 1. The van der Waals surface area contributed by atoms with E-state index in [1.54, 1.807) is 0 Å². The fourth-order valence-corrected chi connectivity index (χ4v) is 2.23. The van der Waals surface area contributed by atoms with Crippen molar-refractivity contribution in [1.29, 1.82) is 0 Å². The first kappa shape index (κ1) is 14.0. The van der Waals surface area contributed by atoms with Gasteiger partial charge in [0, 0.05) is 12.1 Å². The molecule has 1 heterocycles. The summed E-state index contributed by atoms with van der Waals surface area (Å²) < 4.78 is 18.3. The molecule has 0 saturated carbocycles. The van der Waals surface area contributed by atoms with E-state index in [9.17, 15) is 14.0 Å². The molecule has 1 fully saturated rings. The highest BCUT2D eigenvalue weighted by Crippen LogP contribution is 2.19. The molecular formula is C12H11BrFNO4. The molecule has 1 aliphatic heterocycles. The maximum atomic E-state index is 13.1. The van der Waals surface area contributed by atoms with Crippen LogP contribution in [0.15, 0.2) is 22.7 Å². The average molecular weight is 332 g/mol. The standard InChI is InChI=1S/C12H11BrFNO4/c13-8-5-7(1-2-9(8)14)11(16)15-3-4-19-6-10(15)12(17)18/h1-2,5,10H,3-4,6H2,(H,17,18). The van der Waals surface area contributed by atoms with E-state index >= 15 is 0 Å². The number of carbonyl (C=O) groups excluding carboxylic acids is 1. The first-order chi connectivity index (χ1) is 9.00. The lowest BCUT2D eigenvalue weighted by Crippen LogP contribution is -2.52. The minimum atomic E-state index is -1.12. The number of carboxylic acids is 1. The molecule has 1 aliphatic rings. The van der Waals surface area contributed by atoms with Gasteiger partial charge in [0.05, 0.1) is 17.7 Å². The molecule has 5 nitrogen and oxygen atoms in total. The Hall–Kier alpha value is -1.47. The summed E-state index contributed by atoms with van der Waals surface area (Å²) >= 11 is 3.00. The Bertz CT molecular complexity index is 522. The van der Waals surface area contributed by atoms with Gasteiger partial charge in [-0.05, 0) is 34.1 Å². The van der Waals surface area contributed by atoms with Crippen LogP contribution in [0.2, 0.25) is 0 Å². The van der Waals surface area contributed by atoms with E-state index in [1.165, 1.54) is 17.0 Å². The van der Waals surface area contributed by atoms with Crippen LogP contribution in [0.5, 0.6) is 0 Å². The molecule has 0 radical (unpaired) electrons. The molecule has 1 aromatic rings. The largest absolute Gasteiger partial charge is 0.480 e. The van der Waals surface area contributed by atoms with Crippen molar-refractivity contribution in [2.45, 2.75) is 6.04 Å². The van der Waals surface area contributed by atoms with E-state index in [4.69, 9.17) is 9.84 Å². The molecule has 1 amide bonds. The average Bonchev–Trinajstić information content (AvgIpc) is 2.41. The molecular weight excluding hydrogens is 321 g/mol. The van der Waals surface area contributed by atoms with Crippen molar-refractivity contribution in [3.05, 3.63) is 34.1 Å². The molecule has 0 aromatic heterocycles. The number of nitrogens with zero attached hydrogens (tertiary/aromatic N) is 1. The molecule has 0 bridgehead atoms. The molecule has 1 saturated heterocycles. The van der Waals surface area contributed by atoms with Crippen LogP contribution in [-0.2, 0) is 9.53 Å². The van der Waals surface area contributed by atoms with Gasteiger partial charge in [0.15, 0.2) is 6.04 Å². The highest BCUT2D eigenvalue weighted by Gasteiger charge is 2.33. The third kappa shape index (κ3) is 2.93. The molecule has 0 aliphatic carbocycles. The lowest BCUT2D eigenvalue weighted by atomic mass is 10.1. The SMILES string of the molecule is O=C(O)C1COCCN1C(=O)c1ccc(F)c(Br)c1. The summed E-state index contributed by atoms with van der Waals surface area (Å²) in [6.07, 6.45) is 0. The zero-order valence-electron chi connectivity index (χ0n) is 9.81. The van der Waals surface area contributed by atoms with E-state index in [2.05, 4.69) is 15.9 Å². The first-order valence-corrected chi connectivity index (χ1v) is 6.36. The zero-order valence-corrected chi connectivity index (χ0v) is 11.4. The first-order valence-electron chi connectivity index (χ1n) is 5.57. The number of hydrogen-bond acceptors (Lipinski definition) is 3. The van der Waals surface area contributed by atoms with Gasteiger partial charge in [0.1, 0.15) is 5.82 Å². The molecule has 7 heteroatoms. The number of hydrogen-bond donors (Lipinski definition) is 1. The lowest BCUT2D eigenvalue weighted by molar-refractivity contribution is -0.147. The number of aliphatic carboxylic acids is 1. The monoisotopic (exact) mass is 331 g/mol. The molecule has 1 unspecified atom stereocenters. The summed E-state index contributed by atoms with van der Waals surface area (Å²) in [6.45, 7) is 0.451. The minimum Gasteiger partial charge on any atom is -0.480 e. The Morgan fingerprint density at radius 1 is 1.47 bits per heavy atom. The van der Waals surface area contributed by atoms with Crippen molar-refractivity contribution in [2.24, 2.45) is 0 Å². The second kappa shape index (κ2) is 5.66. The van der Waals surface area contributed by atoms with E-state index in [1.807, 2.05) is 0 Å². The Morgan fingerprint density at radius 2 is 2.21 bits per heavy atom. The summed E-state index contributed by atoms with van der Waals surface area (Å²) in [5.74, 6) is -2.04. The van der Waals surface area contributed by atoms with E-state index in [-0.39, 0.29) is 29.8 Å². The van der Waals surface area contributed by atoms with Crippen LogP contribution >= 0.6 is 15.9 Å². The van der Waals surface area contributed by atoms with Gasteiger partial charge in [-0.25, -0.2) is 9.18 Å². The van der Waals surface area contributed by atoms with Crippen molar-refractivity contribution in [1.82, 2.24) is 4.90 Å². The second-order valence-corrected chi connectivity index (χ2v) is 4.91. The lowest BCUT2D eigenvalue weighted by Gasteiger charge is -2.32. The summed E-state index contributed by atoms with van der Waals surface area (Å²) in [5, 5.41) is 9.06. The van der Waals surface area contributed by atoms with Gasteiger partial charge in [-0.2, -0.15) is 0 Å². The number of benzene rings is 1. The van der Waals surface area contributed by atoms with Crippen LogP contribution in [0.1, 0.15) is 10.4 Å². The second-order valence-electron chi connectivity index (χ2n) is 4.06. The minimum absolute atomic E-state index is 0.0383. The highest BCUT2D eigenvalue weighted by atomic mass is 79.9. The highest BCUT2D eigenvalue weighted by molar-refractivity contribution is 9.10. The van der Waals surface area contributed by atoms with Gasteiger partial charge in [0.25, 0.3) is 5.91 Å². The van der Waals surface area contributed by atoms with Crippen LogP contribution in [0.3, 0.4) is 0 Å². The molecule has 2 rings (SSSR count). The van der Waals surface area contributed by atoms with Crippen molar-refractivity contribution in [2.75, 3.05) is 19.8 Å². The predicted octanol–water partition coefficient (Wildman–Crippen LogP) is 1.51. The third-order valence-corrected chi connectivity index (χ3v) is 3.45. The van der Waals surface area contributed by atoms with Gasteiger partial charge in [-0.1, -0.05) is 0 Å². The molecule has 1 atom stereocenters. The van der Waals surface area contributed by atoms with E-state index < -0.39 is 23.7 Å². The summed E-state index contributed by atoms with van der Waals surface area (Å²) in [7, 11) is 0. The number of amides is 1. The van der Waals surface area contributed by atoms with Gasteiger partial charge in [-0.15, -0.1) is 0 Å². The van der Waals surface area contributed by atoms with Gasteiger partial charge in [0.2, 0.25) is 0 Å². The van der Waals surface area contributed by atoms with Crippen molar-refractivity contribution in [3.8, 4) is 0 Å². The van der Waals surface area contributed by atoms with Crippen LogP contribution in [0, 0.1) is 5.82 Å². The number of carboxylic acid groups (broad SMARTS) is 1. The maximum absolute atomic E-state index is 13.1. The van der Waals surface area contributed by atoms with Crippen molar-refractivity contribution < 1.29 is 23.8 Å². The van der Waals surface area contributed by atoms with Crippen LogP contribution in [0.4, 0.5) is 4.39 Å². The van der Waals surface area contributed by atoms with Crippen LogP contribution in [0.25, 0.3) is 0 Å². The third-order valence-electron chi connectivity index (χ3n) is 2.84. The Morgan fingerprint density at radius 3 is 2.84 bits per heavy atom. The Labute approximate surface area is 117 Å². The van der Waals surface area contributed by atoms with Gasteiger partial charge in [-0.3, -0.25) is 4.79 Å². The van der Waals surface area contributed by atoms with E-state index in [0.717, 1.165) is 6.07 Å². The molecule has 0 spiro atoms. The molecule has 19 heavy (non-hydrogen) atoms. The van der Waals surface area contributed by atoms with E-state index in [0.29, 0.717) is 0 Å². The fraction of sp³-hybridized carbons (Fsp3) is 0.333. The normalized spacial score (nSPS) is 19.3. The molecule has 1 aromatic carbocycles. The summed E-state index contributed by atoms with van der Waals surface area (Å²) in [4.78, 5) is 24.5. The molecule has 102 valence electrons. The quantitative estimate of drug-likeness (QED) is 0.892. The topological polar surface area (TPSA) is 66.8 Å². The summed E-state index contributed by atoms with van der Waals surface area (Å²) in [5.41, 5.74) is 0.237. The van der Waals surface area contributed by atoms with Gasteiger partial charge >= 0.3 is 5.97 Å². The Balaban J connectivity index is 2.26. The van der Waals surface area contributed by atoms with Crippen molar-refractivity contribution in [3.63, 3.8) is 0 Å². The summed E-state index contributed by atoms with van der Waals surface area (Å²) in [6, 6.07) is 2.82. The zero-order chi connectivity index (χ0) is 14.0. The predicted molar refractivity (Wildman–Crippen MR) is 67.4 cm³/mol. The number of rotatable bonds is 2. The Kier molecular flexibility index (Phi) is 4.16. The fourth-order valence-electron chi connectivity index (χ4n) is 1.85. The number of ether oxygens (including phenoxy) is 1. The number of carbonyl (C=O) groups is 2. The number of halogens is 2. The van der Waals surface area contributed by atoms with Crippen LogP contribution < -0.4 is 0 Å².